The number of amides is 1. The molecule has 0 saturated carbocycles. The number of benzene rings is 1. The maximum Gasteiger partial charge on any atom is 0.294 e. The van der Waals surface area contributed by atoms with Crippen molar-refractivity contribution in [3.63, 3.8) is 0 Å². The highest BCUT2D eigenvalue weighted by molar-refractivity contribution is 7.11. The molecule has 0 bridgehead atoms. The number of nitrogen functional groups attached to an aromatic ring is 1. The van der Waals surface area contributed by atoms with Crippen molar-refractivity contribution in [1.82, 2.24) is 10.4 Å². The quantitative estimate of drug-likeness (QED) is 0.506. The van der Waals surface area contributed by atoms with Crippen molar-refractivity contribution < 1.29 is 4.79 Å². The summed E-state index contributed by atoms with van der Waals surface area (Å²) in [6.45, 7) is 2.72. The van der Waals surface area contributed by atoms with Gasteiger partial charge >= 0.3 is 0 Å². The van der Waals surface area contributed by atoms with Crippen molar-refractivity contribution in [2.45, 2.75) is 13.5 Å². The molecule has 1 aromatic carbocycles. The van der Waals surface area contributed by atoms with Gasteiger partial charge in [-0.1, -0.05) is 18.2 Å². The molecule has 1 aromatic heterocycles. The number of nitrogens with one attached hydrogen (secondary N) is 1. The summed E-state index contributed by atoms with van der Waals surface area (Å²) < 4.78 is 0. The number of thiazole rings is 1. The van der Waals surface area contributed by atoms with Crippen molar-refractivity contribution >= 4 is 22.9 Å². The number of anilines is 1. The molecule has 0 aliphatic carbocycles. The fourth-order valence-corrected chi connectivity index (χ4v) is 2.58. The Hall–Kier alpha value is -1.92. The van der Waals surface area contributed by atoms with Gasteiger partial charge in [-0.15, -0.1) is 11.3 Å². The number of carbonyl (C=O) groups is 1. The second-order valence-electron chi connectivity index (χ2n) is 4.26. The van der Waals surface area contributed by atoms with E-state index in [1.165, 1.54) is 16.9 Å². The summed E-state index contributed by atoms with van der Waals surface area (Å²) in [4.78, 5) is 17.7. The summed E-state index contributed by atoms with van der Waals surface area (Å²) in [5.41, 5.74) is 5.30. The topological polar surface area (TPSA) is 71.2 Å². The van der Waals surface area contributed by atoms with E-state index in [1.54, 1.807) is 0 Å². The fourth-order valence-electron chi connectivity index (χ4n) is 1.87. The highest BCUT2D eigenvalue weighted by Crippen LogP contribution is 2.20. The maximum atomic E-state index is 11.3. The zero-order chi connectivity index (χ0) is 13.8. The third kappa shape index (κ3) is 3.10. The summed E-state index contributed by atoms with van der Waals surface area (Å²) in [7, 11) is 2.00. The first-order chi connectivity index (χ1) is 9.11. The van der Waals surface area contributed by atoms with E-state index in [9.17, 15) is 4.79 Å². The van der Waals surface area contributed by atoms with Gasteiger partial charge in [0.1, 0.15) is 0 Å². The molecule has 0 saturated heterocycles. The summed E-state index contributed by atoms with van der Waals surface area (Å²) in [6, 6.07) is 8.15. The molecule has 0 aliphatic rings. The van der Waals surface area contributed by atoms with E-state index in [0.717, 1.165) is 11.4 Å². The number of carbonyl (C=O) groups excluding carboxylic acids is 1. The predicted molar refractivity (Wildman–Crippen MR) is 77.1 cm³/mol. The molecule has 0 fully saturated rings. The SMILES string of the molecule is Cc1ccccc1N(C)Cc1csc(C(=O)NN)n1. The van der Waals surface area contributed by atoms with Gasteiger partial charge in [-0.05, 0) is 18.6 Å². The van der Waals surface area contributed by atoms with Crippen LogP contribution in [0.1, 0.15) is 21.1 Å². The molecule has 2 aromatic rings. The van der Waals surface area contributed by atoms with Crippen LogP contribution in [0.2, 0.25) is 0 Å². The second-order valence-corrected chi connectivity index (χ2v) is 5.12. The molecular formula is C13H16N4OS. The van der Waals surface area contributed by atoms with Crippen LogP contribution in [0.15, 0.2) is 29.6 Å². The van der Waals surface area contributed by atoms with E-state index in [4.69, 9.17) is 5.84 Å². The lowest BCUT2D eigenvalue weighted by Gasteiger charge is -2.20. The molecular weight excluding hydrogens is 260 g/mol. The first kappa shape index (κ1) is 13.5. The number of aromatic nitrogens is 1. The number of nitrogens with zero attached hydrogens (tertiary/aromatic N) is 2. The fraction of sp³-hybridized carbons (Fsp3) is 0.231. The molecule has 0 spiro atoms. The number of hydrogen-bond acceptors (Lipinski definition) is 5. The highest BCUT2D eigenvalue weighted by Gasteiger charge is 2.11. The smallest absolute Gasteiger partial charge is 0.294 e. The van der Waals surface area contributed by atoms with Gasteiger partial charge in [-0.3, -0.25) is 10.2 Å². The monoisotopic (exact) mass is 276 g/mol. The van der Waals surface area contributed by atoms with Crippen molar-refractivity contribution in [2.24, 2.45) is 5.84 Å². The summed E-state index contributed by atoms with van der Waals surface area (Å²) in [5, 5.41) is 2.26. The van der Waals surface area contributed by atoms with Crippen LogP contribution in [0.5, 0.6) is 0 Å². The van der Waals surface area contributed by atoms with E-state index < -0.39 is 0 Å². The molecule has 0 radical (unpaired) electrons. The van der Waals surface area contributed by atoms with E-state index in [2.05, 4.69) is 34.4 Å². The van der Waals surface area contributed by atoms with Crippen LogP contribution in [0.25, 0.3) is 0 Å². The largest absolute Gasteiger partial charge is 0.368 e. The minimum atomic E-state index is -0.352. The van der Waals surface area contributed by atoms with E-state index >= 15 is 0 Å². The van der Waals surface area contributed by atoms with Gasteiger partial charge in [0.15, 0.2) is 5.01 Å². The van der Waals surface area contributed by atoms with Crippen molar-refractivity contribution in [1.29, 1.82) is 0 Å². The molecule has 1 amide bonds. The normalized spacial score (nSPS) is 10.3. The third-order valence-corrected chi connectivity index (χ3v) is 3.69. The van der Waals surface area contributed by atoms with Crippen LogP contribution < -0.4 is 16.2 Å². The Morgan fingerprint density at radius 1 is 1.47 bits per heavy atom. The molecule has 1 heterocycles. The number of nitrogens with two attached hydrogens (primary N) is 1. The number of rotatable bonds is 4. The van der Waals surface area contributed by atoms with E-state index in [1.807, 2.05) is 24.6 Å². The Morgan fingerprint density at radius 3 is 2.89 bits per heavy atom. The Labute approximate surface area is 116 Å². The van der Waals surface area contributed by atoms with Gasteiger partial charge in [0, 0.05) is 18.1 Å². The molecule has 2 rings (SSSR count). The molecule has 0 atom stereocenters. The molecule has 100 valence electrons. The van der Waals surface area contributed by atoms with Crippen LogP contribution in [0.3, 0.4) is 0 Å². The molecule has 0 aliphatic heterocycles. The Kier molecular flexibility index (Phi) is 4.13. The first-order valence-corrected chi connectivity index (χ1v) is 6.72. The lowest BCUT2D eigenvalue weighted by Crippen LogP contribution is -2.30. The van der Waals surface area contributed by atoms with Gasteiger partial charge in [-0.25, -0.2) is 10.8 Å². The molecule has 0 unspecified atom stereocenters. The number of hydrazine groups is 1. The minimum absolute atomic E-state index is 0.352. The lowest BCUT2D eigenvalue weighted by molar-refractivity contribution is 0.0953. The number of aryl methyl sites for hydroxylation is 1. The molecule has 19 heavy (non-hydrogen) atoms. The van der Waals surface area contributed by atoms with Crippen LogP contribution in [-0.4, -0.2) is 17.9 Å². The van der Waals surface area contributed by atoms with Crippen molar-refractivity contribution in [3.8, 4) is 0 Å². The predicted octanol–water partition coefficient (Wildman–Crippen LogP) is 1.69. The zero-order valence-corrected chi connectivity index (χ0v) is 11.7. The third-order valence-electron chi connectivity index (χ3n) is 2.80. The Morgan fingerprint density at radius 2 is 2.21 bits per heavy atom. The Bertz CT molecular complexity index is 582. The van der Waals surface area contributed by atoms with Crippen LogP contribution in [0.4, 0.5) is 5.69 Å². The first-order valence-electron chi connectivity index (χ1n) is 5.84. The summed E-state index contributed by atoms with van der Waals surface area (Å²) >= 11 is 1.29. The van der Waals surface area contributed by atoms with Crippen molar-refractivity contribution in [3.05, 3.63) is 45.9 Å². The Balaban J connectivity index is 2.11. The molecule has 6 heteroatoms. The summed E-state index contributed by atoms with van der Waals surface area (Å²) in [6.07, 6.45) is 0. The summed E-state index contributed by atoms with van der Waals surface area (Å²) in [5.74, 6) is 4.73. The average molecular weight is 276 g/mol. The van der Waals surface area contributed by atoms with E-state index in [0.29, 0.717) is 11.6 Å². The van der Waals surface area contributed by atoms with E-state index in [-0.39, 0.29) is 5.91 Å². The minimum Gasteiger partial charge on any atom is -0.368 e. The van der Waals surface area contributed by atoms with Gasteiger partial charge in [0.2, 0.25) is 0 Å². The average Bonchev–Trinajstić information content (AvgIpc) is 2.86. The number of hydrogen-bond donors (Lipinski definition) is 2. The van der Waals surface area contributed by atoms with Crippen LogP contribution >= 0.6 is 11.3 Å². The second kappa shape index (κ2) is 5.81. The van der Waals surface area contributed by atoms with Gasteiger partial charge < -0.3 is 4.90 Å². The number of para-hydroxylation sites is 1. The maximum absolute atomic E-state index is 11.3. The van der Waals surface area contributed by atoms with Crippen molar-refractivity contribution in [2.75, 3.05) is 11.9 Å². The van der Waals surface area contributed by atoms with Gasteiger partial charge in [0.25, 0.3) is 5.91 Å². The highest BCUT2D eigenvalue weighted by atomic mass is 32.1. The standard InChI is InChI=1S/C13H16N4OS/c1-9-5-3-4-6-11(9)17(2)7-10-8-19-13(15-10)12(18)16-14/h3-6,8H,7,14H2,1-2H3,(H,16,18). The van der Waals surface area contributed by atoms with Gasteiger partial charge in [0.05, 0.1) is 12.2 Å². The lowest BCUT2D eigenvalue weighted by atomic mass is 10.2. The van der Waals surface area contributed by atoms with Crippen LogP contribution in [0, 0.1) is 6.92 Å². The molecule has 5 nitrogen and oxygen atoms in total. The molecule has 3 N–H and O–H groups in total. The van der Waals surface area contributed by atoms with Gasteiger partial charge in [-0.2, -0.15) is 0 Å². The van der Waals surface area contributed by atoms with Crippen LogP contribution in [-0.2, 0) is 6.54 Å². The zero-order valence-electron chi connectivity index (χ0n) is 10.9.